The van der Waals surface area contributed by atoms with Crippen molar-refractivity contribution < 1.29 is 17.2 Å². The van der Waals surface area contributed by atoms with Gasteiger partial charge in [0.1, 0.15) is 16.5 Å². The van der Waals surface area contributed by atoms with Gasteiger partial charge in [-0.3, -0.25) is 0 Å². The lowest BCUT2D eigenvalue weighted by Crippen LogP contribution is -2.31. The Balaban J connectivity index is 2.39. The van der Waals surface area contributed by atoms with Crippen LogP contribution >= 0.6 is 0 Å². The molecular weight excluding hydrogens is 296 g/mol. The second kappa shape index (κ2) is 5.91. The van der Waals surface area contributed by atoms with Crippen molar-refractivity contribution in [2.45, 2.75) is 23.1 Å². The smallest absolute Gasteiger partial charge is 0.185 e. The minimum absolute atomic E-state index is 0.539. The van der Waals surface area contributed by atoms with Crippen LogP contribution < -0.4 is 5.73 Å². The topological polar surface area (TPSA) is 60.2 Å². The van der Waals surface area contributed by atoms with E-state index in [1.807, 2.05) is 0 Å². The molecule has 112 valence electrons. The third-order valence-corrected chi connectivity index (χ3v) is 5.60. The van der Waals surface area contributed by atoms with E-state index in [-0.39, 0.29) is 0 Å². The number of hydrogen-bond donors (Lipinski definition) is 1. The fourth-order valence-corrected chi connectivity index (χ4v) is 3.58. The van der Waals surface area contributed by atoms with Crippen LogP contribution in [0.25, 0.3) is 0 Å². The van der Waals surface area contributed by atoms with Crippen molar-refractivity contribution in [1.29, 1.82) is 0 Å². The highest BCUT2D eigenvalue weighted by atomic mass is 32.2. The molecule has 0 bridgehead atoms. The van der Waals surface area contributed by atoms with Crippen molar-refractivity contribution in [2.24, 2.45) is 5.73 Å². The maximum atomic E-state index is 13.7. The normalized spacial score (nSPS) is 14.7. The van der Waals surface area contributed by atoms with Gasteiger partial charge in [0.15, 0.2) is 9.84 Å². The summed E-state index contributed by atoms with van der Waals surface area (Å²) >= 11 is 0. The Bertz CT molecular complexity index is 733. The minimum atomic E-state index is -4.00. The van der Waals surface area contributed by atoms with Gasteiger partial charge in [-0.05, 0) is 24.6 Å². The number of hydrogen-bond acceptors (Lipinski definition) is 3. The van der Waals surface area contributed by atoms with Gasteiger partial charge < -0.3 is 5.73 Å². The van der Waals surface area contributed by atoms with Gasteiger partial charge in [-0.25, -0.2) is 17.2 Å². The summed E-state index contributed by atoms with van der Waals surface area (Å²) in [6, 6.07) is 10.3. The highest BCUT2D eigenvalue weighted by Crippen LogP contribution is 2.27. The summed E-state index contributed by atoms with van der Waals surface area (Å²) in [5.74, 6) is -1.94. The molecule has 0 fully saturated rings. The van der Waals surface area contributed by atoms with E-state index in [1.54, 1.807) is 30.3 Å². The highest BCUT2D eigenvalue weighted by Gasteiger charge is 2.31. The second-order valence-corrected chi connectivity index (χ2v) is 7.03. The fraction of sp³-hybridized carbons (Fsp3) is 0.200. The molecule has 21 heavy (non-hydrogen) atoms. The summed E-state index contributed by atoms with van der Waals surface area (Å²) in [6.45, 7) is 1.41. The van der Waals surface area contributed by atoms with Crippen molar-refractivity contribution in [3.8, 4) is 0 Å². The molecule has 2 rings (SSSR count). The SMILES string of the molecule is CC(C(N)c1ccccc1)S(=O)(=O)c1ccc(F)cc1F. The van der Waals surface area contributed by atoms with Gasteiger partial charge in [0.2, 0.25) is 0 Å². The molecule has 2 atom stereocenters. The third-order valence-electron chi connectivity index (χ3n) is 3.38. The second-order valence-electron chi connectivity index (χ2n) is 4.76. The number of halogens is 2. The van der Waals surface area contributed by atoms with Crippen LogP contribution in [0.1, 0.15) is 18.5 Å². The molecule has 2 unspecified atom stereocenters. The van der Waals surface area contributed by atoms with Crippen molar-refractivity contribution in [2.75, 3.05) is 0 Å². The molecule has 0 saturated heterocycles. The Kier molecular flexibility index (Phi) is 4.39. The summed E-state index contributed by atoms with van der Waals surface area (Å²) in [7, 11) is -4.00. The largest absolute Gasteiger partial charge is 0.323 e. The molecule has 0 saturated carbocycles. The molecule has 0 aliphatic carbocycles. The van der Waals surface area contributed by atoms with Crippen molar-refractivity contribution in [3.63, 3.8) is 0 Å². The Morgan fingerprint density at radius 3 is 2.24 bits per heavy atom. The lowest BCUT2D eigenvalue weighted by molar-refractivity contribution is 0.536. The molecule has 2 aromatic carbocycles. The number of rotatable bonds is 4. The quantitative estimate of drug-likeness (QED) is 0.883. The Morgan fingerprint density at radius 2 is 1.67 bits per heavy atom. The molecule has 3 nitrogen and oxygen atoms in total. The fourth-order valence-electron chi connectivity index (χ4n) is 2.05. The Labute approximate surface area is 122 Å². The van der Waals surface area contributed by atoms with Gasteiger partial charge in [0, 0.05) is 12.1 Å². The molecule has 0 radical (unpaired) electrons. The standard InChI is InChI=1S/C15H15F2NO2S/c1-10(15(18)11-5-3-2-4-6-11)21(19,20)14-8-7-12(16)9-13(14)17/h2-10,15H,18H2,1H3. The lowest BCUT2D eigenvalue weighted by Gasteiger charge is -2.21. The van der Waals surface area contributed by atoms with Gasteiger partial charge in [-0.15, -0.1) is 0 Å². The third kappa shape index (κ3) is 3.11. The molecule has 0 amide bonds. The molecular formula is C15H15F2NO2S. The van der Waals surface area contributed by atoms with E-state index in [0.29, 0.717) is 11.6 Å². The average Bonchev–Trinajstić information content (AvgIpc) is 2.46. The van der Waals surface area contributed by atoms with Gasteiger partial charge in [-0.1, -0.05) is 30.3 Å². The maximum Gasteiger partial charge on any atom is 0.185 e. The van der Waals surface area contributed by atoms with Gasteiger partial charge in [-0.2, -0.15) is 0 Å². The van der Waals surface area contributed by atoms with Gasteiger partial charge in [0.25, 0.3) is 0 Å². The Morgan fingerprint density at radius 1 is 1.05 bits per heavy atom. The zero-order chi connectivity index (χ0) is 15.6. The lowest BCUT2D eigenvalue weighted by atomic mass is 10.1. The average molecular weight is 311 g/mol. The van der Waals surface area contributed by atoms with Crippen molar-refractivity contribution in [1.82, 2.24) is 0 Å². The van der Waals surface area contributed by atoms with Crippen LogP contribution in [0.3, 0.4) is 0 Å². The van der Waals surface area contributed by atoms with E-state index < -0.39 is 37.7 Å². The van der Waals surface area contributed by atoms with E-state index in [4.69, 9.17) is 5.73 Å². The molecule has 0 spiro atoms. The first-order chi connectivity index (χ1) is 9.84. The van der Waals surface area contributed by atoms with Crippen LogP contribution in [0, 0.1) is 11.6 Å². The first-order valence-electron chi connectivity index (χ1n) is 6.33. The summed E-state index contributed by atoms with van der Waals surface area (Å²) < 4.78 is 51.5. The van der Waals surface area contributed by atoms with Crippen LogP contribution in [-0.2, 0) is 9.84 Å². The predicted molar refractivity (Wildman–Crippen MR) is 76.4 cm³/mol. The zero-order valence-electron chi connectivity index (χ0n) is 11.3. The van der Waals surface area contributed by atoms with Gasteiger partial charge in [0.05, 0.1) is 5.25 Å². The van der Waals surface area contributed by atoms with E-state index in [1.165, 1.54) is 6.92 Å². The number of nitrogens with two attached hydrogens (primary N) is 1. The predicted octanol–water partition coefficient (Wildman–Crippen LogP) is 2.83. The first kappa shape index (κ1) is 15.6. The van der Waals surface area contributed by atoms with Crippen LogP contribution in [0.4, 0.5) is 8.78 Å². The maximum absolute atomic E-state index is 13.7. The Hall–Kier alpha value is -1.79. The molecule has 6 heteroatoms. The summed E-state index contributed by atoms with van der Waals surface area (Å²) in [5.41, 5.74) is 6.60. The van der Waals surface area contributed by atoms with E-state index in [0.717, 1.165) is 12.1 Å². The number of benzene rings is 2. The monoisotopic (exact) mass is 311 g/mol. The first-order valence-corrected chi connectivity index (χ1v) is 7.88. The highest BCUT2D eigenvalue weighted by molar-refractivity contribution is 7.92. The minimum Gasteiger partial charge on any atom is -0.323 e. The molecule has 2 N–H and O–H groups in total. The van der Waals surface area contributed by atoms with Crippen molar-refractivity contribution in [3.05, 3.63) is 65.7 Å². The molecule has 0 aliphatic heterocycles. The molecule has 2 aromatic rings. The molecule has 0 aromatic heterocycles. The zero-order valence-corrected chi connectivity index (χ0v) is 12.1. The summed E-state index contributed by atoms with van der Waals surface area (Å²) in [4.78, 5) is -0.539. The van der Waals surface area contributed by atoms with Crippen LogP contribution in [0.15, 0.2) is 53.4 Å². The van der Waals surface area contributed by atoms with E-state index in [2.05, 4.69) is 0 Å². The summed E-state index contributed by atoms with van der Waals surface area (Å²) in [5, 5.41) is -1.04. The van der Waals surface area contributed by atoms with E-state index >= 15 is 0 Å². The van der Waals surface area contributed by atoms with Gasteiger partial charge >= 0.3 is 0 Å². The van der Waals surface area contributed by atoms with Crippen LogP contribution in [0.5, 0.6) is 0 Å². The molecule has 0 heterocycles. The summed E-state index contributed by atoms with van der Waals surface area (Å²) in [6.07, 6.45) is 0. The molecule has 0 aliphatic rings. The van der Waals surface area contributed by atoms with Crippen LogP contribution in [0.2, 0.25) is 0 Å². The van der Waals surface area contributed by atoms with E-state index in [9.17, 15) is 17.2 Å². The van der Waals surface area contributed by atoms with Crippen molar-refractivity contribution >= 4 is 9.84 Å². The van der Waals surface area contributed by atoms with Crippen LogP contribution in [-0.4, -0.2) is 13.7 Å². The number of sulfone groups is 1.